The maximum atomic E-state index is 13.2. The summed E-state index contributed by atoms with van der Waals surface area (Å²) < 4.78 is 39.1. The molecule has 1 saturated heterocycles. The number of anilines is 1. The molecule has 140 valence electrons. The molecule has 10 heteroatoms. The Balaban J connectivity index is 1.55. The zero-order chi connectivity index (χ0) is 18.7. The van der Waals surface area contributed by atoms with Gasteiger partial charge in [0.1, 0.15) is 12.1 Å². The highest BCUT2D eigenvalue weighted by Crippen LogP contribution is 2.20. The molecule has 0 radical (unpaired) electrons. The number of rotatable bonds is 5. The summed E-state index contributed by atoms with van der Waals surface area (Å²) in [6, 6.07) is 6.17. The van der Waals surface area contributed by atoms with Gasteiger partial charge < -0.3 is 0 Å². The number of carbonyl (C=O) groups excluding carboxylic acids is 1. The number of benzene rings is 1. The number of amides is 1. The molecule has 1 aliphatic heterocycles. The maximum absolute atomic E-state index is 13.2. The molecule has 0 aliphatic carbocycles. The van der Waals surface area contributed by atoms with Crippen LogP contribution in [0.1, 0.15) is 18.4 Å². The van der Waals surface area contributed by atoms with Gasteiger partial charge >= 0.3 is 0 Å². The Bertz CT molecular complexity index is 891. The first kappa shape index (κ1) is 18.5. The Labute approximate surface area is 151 Å². The van der Waals surface area contributed by atoms with E-state index in [1.165, 1.54) is 33.7 Å². The molecule has 26 heavy (non-hydrogen) atoms. The molecule has 1 aliphatic rings. The number of nitrogens with zero attached hydrogens (tertiary/aromatic N) is 4. The van der Waals surface area contributed by atoms with E-state index in [2.05, 4.69) is 15.4 Å². The summed E-state index contributed by atoms with van der Waals surface area (Å²) in [5.41, 5.74) is 0.737. The van der Waals surface area contributed by atoms with Gasteiger partial charge in [-0.2, -0.15) is 0 Å². The lowest BCUT2D eigenvalue weighted by Gasteiger charge is -2.29. The van der Waals surface area contributed by atoms with Crippen LogP contribution in [0.2, 0.25) is 0 Å². The summed E-state index contributed by atoms with van der Waals surface area (Å²) in [6.07, 6.45) is 3.56. The Hall–Kier alpha value is -2.33. The van der Waals surface area contributed by atoms with Gasteiger partial charge in [-0.05, 0) is 30.5 Å². The highest BCUT2D eigenvalue weighted by molar-refractivity contribution is 7.88. The van der Waals surface area contributed by atoms with E-state index in [0.717, 1.165) is 5.56 Å². The first-order valence-electron chi connectivity index (χ1n) is 8.21. The molecule has 1 fully saturated rings. The predicted octanol–water partition coefficient (Wildman–Crippen LogP) is 1.08. The van der Waals surface area contributed by atoms with Gasteiger partial charge in [0.25, 0.3) is 0 Å². The summed E-state index contributed by atoms with van der Waals surface area (Å²) in [6.45, 7) is 1.00. The van der Waals surface area contributed by atoms with Crippen LogP contribution in [0.5, 0.6) is 0 Å². The van der Waals surface area contributed by atoms with Crippen LogP contribution in [0.25, 0.3) is 0 Å². The fourth-order valence-electron chi connectivity index (χ4n) is 2.91. The van der Waals surface area contributed by atoms with Crippen LogP contribution in [0.15, 0.2) is 30.6 Å². The summed E-state index contributed by atoms with van der Waals surface area (Å²) in [5.74, 6) is -0.640. The number of piperidine rings is 1. The van der Waals surface area contributed by atoms with Gasteiger partial charge in [0.15, 0.2) is 0 Å². The van der Waals surface area contributed by atoms with Crippen molar-refractivity contribution in [1.82, 2.24) is 19.1 Å². The van der Waals surface area contributed by atoms with Crippen molar-refractivity contribution in [1.29, 1.82) is 0 Å². The van der Waals surface area contributed by atoms with Crippen LogP contribution >= 0.6 is 0 Å². The van der Waals surface area contributed by atoms with Crippen molar-refractivity contribution < 1.29 is 17.6 Å². The minimum Gasteiger partial charge on any atom is -0.293 e. The van der Waals surface area contributed by atoms with Crippen LogP contribution in [0.4, 0.5) is 10.3 Å². The van der Waals surface area contributed by atoms with E-state index in [9.17, 15) is 17.6 Å². The topological polar surface area (TPSA) is 97.2 Å². The van der Waals surface area contributed by atoms with Crippen molar-refractivity contribution in [2.45, 2.75) is 19.4 Å². The third-order valence-electron chi connectivity index (χ3n) is 4.30. The maximum Gasteiger partial charge on any atom is 0.248 e. The second-order valence-electron chi connectivity index (χ2n) is 6.32. The molecule has 1 amide bonds. The zero-order valence-corrected chi connectivity index (χ0v) is 15.1. The average Bonchev–Trinajstić information content (AvgIpc) is 3.01. The van der Waals surface area contributed by atoms with E-state index in [0.29, 0.717) is 32.5 Å². The van der Waals surface area contributed by atoms with Crippen molar-refractivity contribution in [3.63, 3.8) is 0 Å². The van der Waals surface area contributed by atoms with Crippen molar-refractivity contribution in [2.24, 2.45) is 5.92 Å². The van der Waals surface area contributed by atoms with Gasteiger partial charge in [0.05, 0.1) is 12.8 Å². The largest absolute Gasteiger partial charge is 0.293 e. The second-order valence-corrected chi connectivity index (χ2v) is 8.30. The monoisotopic (exact) mass is 381 g/mol. The third-order valence-corrected chi connectivity index (χ3v) is 5.60. The fourth-order valence-corrected chi connectivity index (χ4v) is 3.79. The Morgan fingerprint density at radius 2 is 2.08 bits per heavy atom. The molecule has 0 bridgehead atoms. The number of halogens is 1. The number of sulfonamides is 1. The Morgan fingerprint density at radius 1 is 1.35 bits per heavy atom. The van der Waals surface area contributed by atoms with E-state index in [-0.39, 0.29) is 23.6 Å². The zero-order valence-electron chi connectivity index (χ0n) is 14.3. The van der Waals surface area contributed by atoms with E-state index in [1.54, 1.807) is 12.1 Å². The molecule has 8 nitrogen and oxygen atoms in total. The second kappa shape index (κ2) is 7.50. The van der Waals surface area contributed by atoms with Crippen molar-refractivity contribution in [3.8, 4) is 0 Å². The SMILES string of the molecule is CS(=O)(=O)N1CCC(C(=O)Nc2ncn(Cc3cccc(F)c3)n2)CC1. The van der Waals surface area contributed by atoms with Crippen LogP contribution < -0.4 is 5.32 Å². The van der Waals surface area contributed by atoms with Crippen molar-refractivity contribution in [3.05, 3.63) is 42.0 Å². The molecule has 0 atom stereocenters. The lowest BCUT2D eigenvalue weighted by Crippen LogP contribution is -2.41. The van der Waals surface area contributed by atoms with Crippen molar-refractivity contribution in [2.75, 3.05) is 24.7 Å². The molecule has 3 rings (SSSR count). The molecular formula is C16H20FN5O3S. The standard InChI is InChI=1S/C16H20FN5O3S/c1-26(24,25)22-7-5-13(6-8-22)15(23)19-16-18-11-21(20-16)10-12-3-2-4-14(17)9-12/h2-4,9,11,13H,5-8,10H2,1H3,(H,19,20,23). The van der Waals surface area contributed by atoms with Gasteiger partial charge in [0, 0.05) is 19.0 Å². The molecule has 0 spiro atoms. The van der Waals surface area contributed by atoms with Gasteiger partial charge in [-0.1, -0.05) is 12.1 Å². The lowest BCUT2D eigenvalue weighted by molar-refractivity contribution is -0.121. The molecule has 1 N–H and O–H groups in total. The van der Waals surface area contributed by atoms with Crippen molar-refractivity contribution >= 4 is 21.9 Å². The highest BCUT2D eigenvalue weighted by Gasteiger charge is 2.29. The quantitative estimate of drug-likeness (QED) is 0.836. The van der Waals surface area contributed by atoms with Gasteiger partial charge in [-0.3, -0.25) is 10.1 Å². The van der Waals surface area contributed by atoms with E-state index < -0.39 is 10.0 Å². The van der Waals surface area contributed by atoms with Crippen LogP contribution in [0.3, 0.4) is 0 Å². The summed E-state index contributed by atoms with van der Waals surface area (Å²) in [4.78, 5) is 16.4. The lowest BCUT2D eigenvalue weighted by atomic mass is 9.97. The minimum absolute atomic E-state index is 0.178. The Kier molecular flexibility index (Phi) is 5.33. The van der Waals surface area contributed by atoms with Gasteiger partial charge in [-0.25, -0.2) is 26.8 Å². The number of hydrogen-bond donors (Lipinski definition) is 1. The molecule has 2 aromatic rings. The minimum atomic E-state index is -3.22. The van der Waals surface area contributed by atoms with Gasteiger partial charge in [-0.15, -0.1) is 5.10 Å². The van der Waals surface area contributed by atoms with E-state index in [4.69, 9.17) is 0 Å². The van der Waals surface area contributed by atoms with E-state index in [1.807, 2.05) is 0 Å². The first-order chi connectivity index (χ1) is 12.3. The summed E-state index contributed by atoms with van der Waals surface area (Å²) >= 11 is 0. The molecular weight excluding hydrogens is 361 g/mol. The predicted molar refractivity (Wildman–Crippen MR) is 93.3 cm³/mol. The number of nitrogens with one attached hydrogen (secondary N) is 1. The molecule has 1 aromatic heterocycles. The first-order valence-corrected chi connectivity index (χ1v) is 10.1. The van der Waals surface area contributed by atoms with Crippen LogP contribution in [-0.2, 0) is 21.4 Å². The summed E-state index contributed by atoms with van der Waals surface area (Å²) in [5, 5.41) is 6.83. The molecule has 1 aromatic carbocycles. The highest BCUT2D eigenvalue weighted by atomic mass is 32.2. The molecule has 0 saturated carbocycles. The van der Waals surface area contributed by atoms with Crippen LogP contribution in [0, 0.1) is 11.7 Å². The molecule has 0 unspecified atom stereocenters. The van der Waals surface area contributed by atoms with Crippen LogP contribution in [-0.4, -0.2) is 52.7 Å². The Morgan fingerprint density at radius 3 is 2.73 bits per heavy atom. The normalized spacial score (nSPS) is 16.5. The number of hydrogen-bond acceptors (Lipinski definition) is 5. The van der Waals surface area contributed by atoms with Gasteiger partial charge in [0.2, 0.25) is 21.9 Å². The van der Waals surface area contributed by atoms with E-state index >= 15 is 0 Å². The number of carbonyl (C=O) groups is 1. The molecule has 2 heterocycles. The fraction of sp³-hybridized carbons (Fsp3) is 0.438. The average molecular weight is 381 g/mol. The number of aromatic nitrogens is 3. The summed E-state index contributed by atoms with van der Waals surface area (Å²) in [7, 11) is -3.22. The third kappa shape index (κ3) is 4.64. The smallest absolute Gasteiger partial charge is 0.248 e.